The van der Waals surface area contributed by atoms with Crippen LogP contribution in [0.4, 0.5) is 4.39 Å². The summed E-state index contributed by atoms with van der Waals surface area (Å²) < 4.78 is 13.2. The Morgan fingerprint density at radius 1 is 1.54 bits per heavy atom. The van der Waals surface area contributed by atoms with Crippen LogP contribution in [0.1, 0.15) is 21.5 Å². The molecule has 2 rings (SSSR count). The minimum absolute atomic E-state index is 0.255. The van der Waals surface area contributed by atoms with E-state index in [-0.39, 0.29) is 12.5 Å². The maximum absolute atomic E-state index is 13.2. The minimum atomic E-state index is -0.413. The Morgan fingerprint density at radius 2 is 2.31 bits per heavy atom. The average Bonchev–Trinajstić information content (AvgIpc) is 2.48. The number of amides is 1. The molecule has 0 atom stereocenters. The van der Waals surface area contributed by atoms with Gasteiger partial charge in [-0.3, -0.25) is 4.79 Å². The highest BCUT2D eigenvalue weighted by molar-refractivity contribution is 5.98. The molecule has 0 unspecified atom stereocenters. The van der Waals surface area contributed by atoms with Gasteiger partial charge in [-0.2, -0.15) is 0 Å². The first-order valence-electron chi connectivity index (χ1n) is 3.79. The summed E-state index contributed by atoms with van der Waals surface area (Å²) in [5.74, 6) is 1.63. The lowest BCUT2D eigenvalue weighted by molar-refractivity contribution is 0.0965. The van der Waals surface area contributed by atoms with Crippen LogP contribution in [-0.2, 0) is 6.54 Å². The summed E-state index contributed by atoms with van der Waals surface area (Å²) in [5.41, 5.74) is 1.16. The predicted octanol–water partition coefficient (Wildman–Crippen LogP) is 1.05. The Labute approximate surface area is 74.8 Å². The molecule has 0 aromatic heterocycles. The van der Waals surface area contributed by atoms with Gasteiger partial charge in [-0.25, -0.2) is 4.39 Å². The fourth-order valence-corrected chi connectivity index (χ4v) is 1.37. The van der Waals surface area contributed by atoms with E-state index in [0.717, 1.165) is 0 Å². The molecule has 13 heavy (non-hydrogen) atoms. The van der Waals surface area contributed by atoms with Crippen LogP contribution in [0.25, 0.3) is 0 Å². The highest BCUT2D eigenvalue weighted by atomic mass is 19.1. The summed E-state index contributed by atoms with van der Waals surface area (Å²) in [6.07, 6.45) is 5.11. The van der Waals surface area contributed by atoms with Crippen molar-refractivity contribution in [3.05, 3.63) is 34.6 Å². The summed E-state index contributed by atoms with van der Waals surface area (Å²) in [6, 6.07) is 2.79. The zero-order valence-corrected chi connectivity index (χ0v) is 6.73. The first-order chi connectivity index (χ1) is 6.22. The first-order valence-corrected chi connectivity index (χ1v) is 3.79. The van der Waals surface area contributed by atoms with Gasteiger partial charge in [0.1, 0.15) is 5.82 Å². The maximum Gasteiger partial charge on any atom is 0.252 e. The lowest BCUT2D eigenvalue weighted by atomic mass is 10.1. The Balaban J connectivity index is 2.68. The Morgan fingerprint density at radius 3 is 3.00 bits per heavy atom. The van der Waals surface area contributed by atoms with Gasteiger partial charge in [0.25, 0.3) is 5.91 Å². The van der Waals surface area contributed by atoms with Crippen molar-refractivity contribution in [1.29, 1.82) is 0 Å². The molecule has 0 saturated carbocycles. The van der Waals surface area contributed by atoms with Gasteiger partial charge in [0.2, 0.25) is 0 Å². The molecule has 0 fully saturated rings. The van der Waals surface area contributed by atoms with Crippen LogP contribution in [0.2, 0.25) is 0 Å². The van der Waals surface area contributed by atoms with Gasteiger partial charge in [-0.1, -0.05) is 5.92 Å². The first kappa shape index (κ1) is 7.81. The Bertz CT molecular complexity index is 431. The third-order valence-corrected chi connectivity index (χ3v) is 2.03. The van der Waals surface area contributed by atoms with E-state index in [1.165, 1.54) is 12.1 Å². The third kappa shape index (κ3) is 1.07. The molecule has 1 aromatic carbocycles. The van der Waals surface area contributed by atoms with Crippen molar-refractivity contribution < 1.29 is 9.18 Å². The SMILES string of the molecule is C#Cc1cc(F)c2c(c1)C(=O)NC2. The molecule has 3 heteroatoms. The number of rotatable bonds is 0. The standard InChI is InChI=1S/C10H6FNO/c1-2-6-3-7-8(9(11)4-6)5-12-10(7)13/h1,3-4H,5H2,(H,12,13). The molecule has 0 spiro atoms. The highest BCUT2D eigenvalue weighted by Gasteiger charge is 2.22. The molecule has 1 aromatic rings. The number of carbonyl (C=O) groups is 1. The number of benzene rings is 1. The van der Waals surface area contributed by atoms with Crippen LogP contribution in [0, 0.1) is 18.2 Å². The topological polar surface area (TPSA) is 29.1 Å². The van der Waals surface area contributed by atoms with Crippen molar-refractivity contribution >= 4 is 5.91 Å². The molecule has 0 saturated heterocycles. The molecule has 1 amide bonds. The van der Waals surface area contributed by atoms with Gasteiger partial charge in [0, 0.05) is 23.2 Å². The van der Waals surface area contributed by atoms with E-state index < -0.39 is 5.82 Å². The van der Waals surface area contributed by atoms with E-state index in [1.807, 2.05) is 0 Å². The van der Waals surface area contributed by atoms with Gasteiger partial charge in [-0.05, 0) is 12.1 Å². The Kier molecular flexibility index (Phi) is 1.56. The second-order valence-corrected chi connectivity index (χ2v) is 2.81. The molecule has 1 aliphatic rings. The second kappa shape index (κ2) is 2.60. The Hall–Kier alpha value is -1.82. The molecule has 2 nitrogen and oxygen atoms in total. The van der Waals surface area contributed by atoms with E-state index in [1.54, 1.807) is 0 Å². The number of halogens is 1. The van der Waals surface area contributed by atoms with E-state index in [2.05, 4.69) is 11.2 Å². The number of nitrogens with one attached hydrogen (secondary N) is 1. The average molecular weight is 175 g/mol. The molecule has 1 N–H and O–H groups in total. The monoisotopic (exact) mass is 175 g/mol. The fraction of sp³-hybridized carbons (Fsp3) is 0.100. The van der Waals surface area contributed by atoms with E-state index >= 15 is 0 Å². The summed E-state index contributed by atoms with van der Waals surface area (Å²) in [4.78, 5) is 11.1. The van der Waals surface area contributed by atoms with Crippen LogP contribution in [-0.4, -0.2) is 5.91 Å². The van der Waals surface area contributed by atoms with Crippen LogP contribution >= 0.6 is 0 Å². The zero-order chi connectivity index (χ0) is 9.42. The van der Waals surface area contributed by atoms with Crippen molar-refractivity contribution in [3.63, 3.8) is 0 Å². The van der Waals surface area contributed by atoms with Gasteiger partial charge >= 0.3 is 0 Å². The van der Waals surface area contributed by atoms with E-state index in [4.69, 9.17) is 6.42 Å². The zero-order valence-electron chi connectivity index (χ0n) is 6.73. The van der Waals surface area contributed by atoms with Crippen molar-refractivity contribution in [1.82, 2.24) is 5.32 Å². The van der Waals surface area contributed by atoms with Crippen molar-refractivity contribution in [2.24, 2.45) is 0 Å². The predicted molar refractivity (Wildman–Crippen MR) is 45.5 cm³/mol. The molecule has 1 heterocycles. The molecule has 0 radical (unpaired) electrons. The molecule has 0 aliphatic carbocycles. The smallest absolute Gasteiger partial charge is 0.252 e. The largest absolute Gasteiger partial charge is 0.348 e. The summed E-state index contributed by atoms with van der Waals surface area (Å²) in [7, 11) is 0. The number of carbonyl (C=O) groups excluding carboxylic acids is 1. The summed E-state index contributed by atoms with van der Waals surface area (Å²) in [5, 5.41) is 2.53. The van der Waals surface area contributed by atoms with Gasteiger partial charge in [0.05, 0.1) is 0 Å². The molecule has 64 valence electrons. The van der Waals surface area contributed by atoms with E-state index in [9.17, 15) is 9.18 Å². The number of terminal acetylenes is 1. The second-order valence-electron chi connectivity index (χ2n) is 2.81. The lowest BCUT2D eigenvalue weighted by Crippen LogP contribution is -2.12. The molecular formula is C10H6FNO. The van der Waals surface area contributed by atoms with Gasteiger partial charge < -0.3 is 5.32 Å². The summed E-state index contributed by atoms with van der Waals surface area (Å²) in [6.45, 7) is 0.255. The van der Waals surface area contributed by atoms with Crippen LogP contribution in [0.15, 0.2) is 12.1 Å². The minimum Gasteiger partial charge on any atom is -0.348 e. The summed E-state index contributed by atoms with van der Waals surface area (Å²) >= 11 is 0. The van der Waals surface area contributed by atoms with Crippen LogP contribution in [0.5, 0.6) is 0 Å². The van der Waals surface area contributed by atoms with E-state index in [0.29, 0.717) is 16.7 Å². The van der Waals surface area contributed by atoms with Crippen LogP contribution < -0.4 is 5.32 Å². The third-order valence-electron chi connectivity index (χ3n) is 2.03. The van der Waals surface area contributed by atoms with Crippen molar-refractivity contribution in [3.8, 4) is 12.3 Å². The maximum atomic E-state index is 13.2. The van der Waals surface area contributed by atoms with Crippen molar-refractivity contribution in [2.45, 2.75) is 6.54 Å². The number of hydrogen-bond acceptors (Lipinski definition) is 1. The quantitative estimate of drug-likeness (QED) is 0.587. The number of hydrogen-bond donors (Lipinski definition) is 1. The number of fused-ring (bicyclic) bond motifs is 1. The normalized spacial score (nSPS) is 13.4. The molecule has 0 bridgehead atoms. The fourth-order valence-electron chi connectivity index (χ4n) is 1.37. The van der Waals surface area contributed by atoms with Crippen molar-refractivity contribution in [2.75, 3.05) is 0 Å². The molecule has 1 aliphatic heterocycles. The highest BCUT2D eigenvalue weighted by Crippen LogP contribution is 2.20. The van der Waals surface area contributed by atoms with Crippen LogP contribution in [0.3, 0.4) is 0 Å². The van der Waals surface area contributed by atoms with Gasteiger partial charge in [0.15, 0.2) is 0 Å². The lowest BCUT2D eigenvalue weighted by Gasteiger charge is -1.98. The molecular weight excluding hydrogens is 169 g/mol. The van der Waals surface area contributed by atoms with Gasteiger partial charge in [-0.15, -0.1) is 6.42 Å².